The van der Waals surface area contributed by atoms with E-state index < -0.39 is 0 Å². The summed E-state index contributed by atoms with van der Waals surface area (Å²) in [7, 11) is 1.58. The molecule has 0 aromatic carbocycles. The predicted molar refractivity (Wildman–Crippen MR) is 110 cm³/mol. The number of imidazole rings is 1. The molecule has 1 aliphatic heterocycles. The Bertz CT molecular complexity index is 1080. The van der Waals surface area contributed by atoms with Crippen LogP contribution in [0.3, 0.4) is 0 Å². The second-order valence-corrected chi connectivity index (χ2v) is 8.15. The fourth-order valence-corrected chi connectivity index (χ4v) is 4.48. The number of amides is 1. The summed E-state index contributed by atoms with van der Waals surface area (Å²) in [6.45, 7) is 6.27. The molecule has 1 saturated heterocycles. The third kappa shape index (κ3) is 2.99. The van der Waals surface area contributed by atoms with E-state index in [0.29, 0.717) is 22.5 Å². The van der Waals surface area contributed by atoms with Gasteiger partial charge in [0.15, 0.2) is 11.4 Å². The SMILES string of the molecule is CC[C@H]1CC12CN(c1cnc(C(=O)Nc3cc(OC)c4nc(C)cn4c3)cn1)C2. The first-order valence-corrected chi connectivity index (χ1v) is 9.93. The summed E-state index contributed by atoms with van der Waals surface area (Å²) >= 11 is 0. The number of aryl methyl sites for hydroxylation is 1. The van der Waals surface area contributed by atoms with Crippen molar-refractivity contribution in [2.24, 2.45) is 11.3 Å². The number of aromatic nitrogens is 4. The molecule has 29 heavy (non-hydrogen) atoms. The van der Waals surface area contributed by atoms with E-state index in [9.17, 15) is 4.79 Å². The predicted octanol–water partition coefficient (Wildman–Crippen LogP) is 2.93. The Morgan fingerprint density at radius 3 is 2.79 bits per heavy atom. The van der Waals surface area contributed by atoms with Crippen LogP contribution in [0.5, 0.6) is 5.75 Å². The number of nitrogens with one attached hydrogen (secondary N) is 1. The Morgan fingerprint density at radius 2 is 2.14 bits per heavy atom. The first-order chi connectivity index (χ1) is 14.0. The van der Waals surface area contributed by atoms with E-state index in [0.717, 1.165) is 30.5 Å². The zero-order chi connectivity index (χ0) is 20.2. The van der Waals surface area contributed by atoms with Crippen molar-refractivity contribution in [3.05, 3.63) is 42.2 Å². The summed E-state index contributed by atoms with van der Waals surface area (Å²) in [5.41, 5.74) is 2.99. The lowest BCUT2D eigenvalue weighted by Gasteiger charge is -2.41. The van der Waals surface area contributed by atoms with Crippen molar-refractivity contribution in [2.45, 2.75) is 26.7 Å². The number of ether oxygens (including phenoxy) is 1. The number of fused-ring (bicyclic) bond motifs is 1. The van der Waals surface area contributed by atoms with Gasteiger partial charge in [0.05, 0.1) is 30.9 Å². The molecule has 3 aromatic rings. The van der Waals surface area contributed by atoms with Crippen molar-refractivity contribution in [3.63, 3.8) is 0 Å². The van der Waals surface area contributed by atoms with Crippen LogP contribution in [0.1, 0.15) is 35.9 Å². The van der Waals surface area contributed by atoms with E-state index in [2.05, 4.69) is 32.1 Å². The number of hydrogen-bond donors (Lipinski definition) is 1. The Balaban J connectivity index is 1.28. The molecule has 0 unspecified atom stereocenters. The minimum atomic E-state index is -0.310. The van der Waals surface area contributed by atoms with Gasteiger partial charge in [-0.15, -0.1) is 0 Å². The van der Waals surface area contributed by atoms with Crippen molar-refractivity contribution >= 4 is 23.1 Å². The monoisotopic (exact) mass is 392 g/mol. The van der Waals surface area contributed by atoms with Gasteiger partial charge in [0.25, 0.3) is 5.91 Å². The van der Waals surface area contributed by atoms with E-state index in [1.165, 1.54) is 19.0 Å². The maximum absolute atomic E-state index is 12.6. The Labute approximate surface area is 168 Å². The average Bonchev–Trinajstić information content (AvgIpc) is 3.32. The Kier molecular flexibility index (Phi) is 3.97. The van der Waals surface area contributed by atoms with Crippen LogP contribution in [0.15, 0.2) is 30.9 Å². The van der Waals surface area contributed by atoms with Crippen molar-refractivity contribution < 1.29 is 9.53 Å². The second-order valence-electron chi connectivity index (χ2n) is 8.15. The van der Waals surface area contributed by atoms with Gasteiger partial charge in [0, 0.05) is 37.0 Å². The van der Waals surface area contributed by atoms with Crippen LogP contribution in [-0.4, -0.2) is 45.5 Å². The molecule has 1 N–H and O–H groups in total. The van der Waals surface area contributed by atoms with Crippen LogP contribution in [-0.2, 0) is 0 Å². The van der Waals surface area contributed by atoms with E-state index in [1.54, 1.807) is 25.6 Å². The first-order valence-electron chi connectivity index (χ1n) is 9.93. The first kappa shape index (κ1) is 17.9. The fourth-order valence-electron chi connectivity index (χ4n) is 4.48. The summed E-state index contributed by atoms with van der Waals surface area (Å²) in [5.74, 6) is 1.99. The van der Waals surface area contributed by atoms with Crippen molar-refractivity contribution in [3.8, 4) is 5.75 Å². The molecule has 1 aliphatic carbocycles. The van der Waals surface area contributed by atoms with Gasteiger partial charge in [0.2, 0.25) is 0 Å². The van der Waals surface area contributed by atoms with Crippen LogP contribution in [0, 0.1) is 18.3 Å². The van der Waals surface area contributed by atoms with Crippen LogP contribution in [0.2, 0.25) is 0 Å². The number of anilines is 2. The minimum Gasteiger partial charge on any atom is -0.493 e. The number of methoxy groups -OCH3 is 1. The van der Waals surface area contributed by atoms with Crippen LogP contribution in [0.25, 0.3) is 5.65 Å². The molecular formula is C21H24N6O2. The third-order valence-corrected chi connectivity index (χ3v) is 6.17. The van der Waals surface area contributed by atoms with Gasteiger partial charge in [-0.1, -0.05) is 13.3 Å². The molecule has 5 rings (SSSR count). The third-order valence-electron chi connectivity index (χ3n) is 6.17. The standard InChI is InChI=1S/C21H24N6O2/c1-4-14-6-21(14)11-27(12-21)18-8-22-16(7-23-18)20(28)25-15-5-17(29-3)19-24-13(2)9-26(19)10-15/h5,7-10,14H,4,6,11-12H2,1-3H3,(H,25,28)/t14-/m0/s1. The van der Waals surface area contributed by atoms with Gasteiger partial charge >= 0.3 is 0 Å². The van der Waals surface area contributed by atoms with Crippen LogP contribution in [0.4, 0.5) is 11.5 Å². The number of pyridine rings is 1. The summed E-state index contributed by atoms with van der Waals surface area (Å²) < 4.78 is 7.23. The summed E-state index contributed by atoms with van der Waals surface area (Å²) in [5, 5.41) is 2.86. The number of rotatable bonds is 5. The highest BCUT2D eigenvalue weighted by Gasteiger charge is 2.60. The molecule has 0 bridgehead atoms. The molecule has 8 heteroatoms. The number of nitrogens with zero attached hydrogens (tertiary/aromatic N) is 5. The van der Waals surface area contributed by atoms with E-state index in [-0.39, 0.29) is 11.6 Å². The lowest BCUT2D eigenvalue weighted by molar-refractivity contribution is 0.102. The smallest absolute Gasteiger partial charge is 0.275 e. The van der Waals surface area contributed by atoms with Gasteiger partial charge in [-0.3, -0.25) is 4.79 Å². The summed E-state index contributed by atoms with van der Waals surface area (Å²) in [6.07, 6.45) is 9.50. The van der Waals surface area contributed by atoms with E-state index in [4.69, 9.17) is 4.74 Å². The molecule has 2 fully saturated rings. The quantitative estimate of drug-likeness (QED) is 0.719. The Morgan fingerprint density at radius 1 is 1.31 bits per heavy atom. The number of carbonyl (C=O) groups is 1. The molecule has 150 valence electrons. The lowest BCUT2D eigenvalue weighted by Crippen LogP contribution is -2.50. The molecule has 4 heterocycles. The lowest BCUT2D eigenvalue weighted by atomic mass is 9.93. The second kappa shape index (κ2) is 6.43. The number of hydrogen-bond acceptors (Lipinski definition) is 6. The molecule has 8 nitrogen and oxygen atoms in total. The molecular weight excluding hydrogens is 368 g/mol. The van der Waals surface area contributed by atoms with Gasteiger partial charge in [0.1, 0.15) is 11.5 Å². The normalized spacial score (nSPS) is 19.3. The molecule has 1 amide bonds. The average molecular weight is 392 g/mol. The maximum atomic E-state index is 12.6. The number of carbonyl (C=O) groups excluding carboxylic acids is 1. The molecule has 1 atom stereocenters. The van der Waals surface area contributed by atoms with Gasteiger partial charge in [-0.2, -0.15) is 0 Å². The van der Waals surface area contributed by atoms with E-state index in [1.807, 2.05) is 17.5 Å². The van der Waals surface area contributed by atoms with Gasteiger partial charge < -0.3 is 19.4 Å². The van der Waals surface area contributed by atoms with Crippen LogP contribution >= 0.6 is 0 Å². The topological polar surface area (TPSA) is 84.7 Å². The van der Waals surface area contributed by atoms with Gasteiger partial charge in [-0.05, 0) is 19.3 Å². The highest BCUT2D eigenvalue weighted by Crippen LogP contribution is 2.60. The molecule has 1 spiro atoms. The molecule has 0 radical (unpaired) electrons. The van der Waals surface area contributed by atoms with Crippen molar-refractivity contribution in [1.82, 2.24) is 19.4 Å². The highest BCUT2D eigenvalue weighted by atomic mass is 16.5. The van der Waals surface area contributed by atoms with Gasteiger partial charge in [-0.25, -0.2) is 15.0 Å². The summed E-state index contributed by atoms with van der Waals surface area (Å²) in [4.78, 5) is 28.1. The minimum absolute atomic E-state index is 0.280. The summed E-state index contributed by atoms with van der Waals surface area (Å²) in [6, 6.07) is 1.75. The zero-order valence-electron chi connectivity index (χ0n) is 16.8. The fraction of sp³-hybridized carbons (Fsp3) is 0.429. The van der Waals surface area contributed by atoms with Crippen molar-refractivity contribution in [2.75, 3.05) is 30.4 Å². The molecule has 1 saturated carbocycles. The van der Waals surface area contributed by atoms with Crippen molar-refractivity contribution in [1.29, 1.82) is 0 Å². The van der Waals surface area contributed by atoms with Crippen LogP contribution < -0.4 is 15.0 Å². The largest absolute Gasteiger partial charge is 0.493 e. The van der Waals surface area contributed by atoms with E-state index >= 15 is 0 Å². The molecule has 2 aliphatic rings. The highest BCUT2D eigenvalue weighted by molar-refractivity contribution is 6.02. The Hall–Kier alpha value is -3.16. The zero-order valence-corrected chi connectivity index (χ0v) is 16.8. The maximum Gasteiger partial charge on any atom is 0.275 e. The molecule has 3 aromatic heterocycles.